The topological polar surface area (TPSA) is 172 Å². The van der Waals surface area contributed by atoms with Crippen LogP contribution in [0.4, 0.5) is 8.78 Å². The maximum absolute atomic E-state index is 14.4. The number of halogens is 4. The number of benzene rings is 2. The first kappa shape index (κ1) is 33.5. The second kappa shape index (κ2) is 13.3. The molecule has 0 radical (unpaired) electrons. The third kappa shape index (κ3) is 10.3. The fourth-order valence-corrected chi connectivity index (χ4v) is 5.51. The van der Waals surface area contributed by atoms with Crippen molar-refractivity contribution in [3.05, 3.63) is 49.1 Å². The second-order valence-electron chi connectivity index (χ2n) is 8.06. The number of hydrogen-bond donors (Lipinski definition) is 2. The van der Waals surface area contributed by atoms with E-state index in [0.29, 0.717) is 6.26 Å². The number of sulfonamides is 1. The van der Waals surface area contributed by atoms with Crippen molar-refractivity contribution in [2.45, 2.75) is 31.0 Å². The van der Waals surface area contributed by atoms with Crippen LogP contribution in [0, 0.1) is 13.1 Å². The van der Waals surface area contributed by atoms with Crippen LogP contribution in [0.3, 0.4) is 0 Å². The molecule has 0 aliphatic rings. The number of rotatable bonds is 12. The summed E-state index contributed by atoms with van der Waals surface area (Å²) in [5.41, 5.74) is -0.165. The van der Waals surface area contributed by atoms with Crippen LogP contribution < -0.4 is 14.4 Å². The maximum atomic E-state index is 14.4. The van der Waals surface area contributed by atoms with Crippen molar-refractivity contribution in [3.63, 3.8) is 0 Å². The van der Waals surface area contributed by atoms with Crippen molar-refractivity contribution in [1.29, 1.82) is 0 Å². The first-order valence-electron chi connectivity index (χ1n) is 10.4. The highest BCUT2D eigenvalue weighted by molar-refractivity contribution is 14.1. The molecule has 18 heteroatoms. The van der Waals surface area contributed by atoms with E-state index < -0.39 is 56.8 Å². The molecule has 0 heterocycles. The minimum absolute atomic E-state index is 0.0171. The normalized spacial score (nSPS) is 13.2. The first-order valence-corrected chi connectivity index (χ1v) is 15.9. The lowest BCUT2D eigenvalue weighted by molar-refractivity contribution is -0.309. The van der Waals surface area contributed by atoms with Gasteiger partial charge in [-0.3, -0.25) is 4.55 Å². The molecule has 0 saturated heterocycles. The fourth-order valence-electron chi connectivity index (χ4n) is 2.75. The largest absolute Gasteiger partial charge is 0.482 e. The van der Waals surface area contributed by atoms with E-state index in [1.807, 2.05) is 0 Å². The third-order valence-corrected chi connectivity index (χ3v) is 7.83. The molecule has 0 aromatic heterocycles. The standard InChI is InChI=1S/C21H21F2I2NO11S2/c1-11(2)19(21(22,23)37-26-38(3,29)30)36-20(28)12-4-6-16(14(24)8-12)35-18(27)10-34-13-5-7-17(15(25)9-13)39(31,32)33/h4-9,11,19,26H,10H2,1-3H3,(H,31,32,33). The molecule has 2 aromatic rings. The van der Waals surface area contributed by atoms with Crippen molar-refractivity contribution in [1.82, 2.24) is 4.89 Å². The minimum atomic E-state index is -4.42. The van der Waals surface area contributed by atoms with E-state index in [-0.39, 0.29) is 29.1 Å². The van der Waals surface area contributed by atoms with E-state index in [4.69, 9.17) is 18.8 Å². The van der Waals surface area contributed by atoms with Crippen molar-refractivity contribution >= 4 is 77.3 Å². The van der Waals surface area contributed by atoms with E-state index >= 15 is 0 Å². The lowest BCUT2D eigenvalue weighted by atomic mass is 10.1. The lowest BCUT2D eigenvalue weighted by Crippen LogP contribution is -2.47. The van der Waals surface area contributed by atoms with Crippen molar-refractivity contribution < 1.29 is 58.8 Å². The molecular formula is C21H21F2I2NO11S2. The fraction of sp³-hybridized carbons (Fsp3) is 0.333. The Kier molecular flexibility index (Phi) is 11.4. The van der Waals surface area contributed by atoms with Gasteiger partial charge in [-0.05, 0) is 87.5 Å². The summed E-state index contributed by atoms with van der Waals surface area (Å²) in [6.07, 6.45) is -5.74. The van der Waals surface area contributed by atoms with Gasteiger partial charge in [-0.2, -0.15) is 17.2 Å². The molecule has 0 fully saturated rings. The number of hydrogen-bond acceptors (Lipinski definition) is 10. The second-order valence-corrected chi connectivity index (χ2v) is 13.5. The Morgan fingerprint density at radius 2 is 1.69 bits per heavy atom. The van der Waals surface area contributed by atoms with E-state index in [2.05, 4.69) is 4.84 Å². The van der Waals surface area contributed by atoms with Gasteiger partial charge in [0.1, 0.15) is 16.4 Å². The number of carbonyl (C=O) groups excluding carboxylic acids is 2. The monoisotopic (exact) mass is 819 g/mol. The van der Waals surface area contributed by atoms with Crippen LogP contribution in [0.2, 0.25) is 0 Å². The Bertz CT molecular complexity index is 1450. The van der Waals surface area contributed by atoms with Gasteiger partial charge in [0.25, 0.3) is 10.1 Å². The SMILES string of the molecule is CC(C)C(OC(=O)c1ccc(OC(=O)COc2ccc(S(=O)(=O)O)c(I)c2)c(I)c1)C(F)(F)ONS(C)(=O)=O. The smallest absolute Gasteiger partial charge is 0.408 e. The molecular weight excluding hydrogens is 798 g/mol. The number of ether oxygens (including phenoxy) is 3. The highest BCUT2D eigenvalue weighted by Crippen LogP contribution is 2.30. The highest BCUT2D eigenvalue weighted by atomic mass is 127. The van der Waals surface area contributed by atoms with Crippen LogP contribution >= 0.6 is 45.2 Å². The zero-order chi connectivity index (χ0) is 29.8. The number of esters is 2. The molecule has 0 saturated carbocycles. The predicted octanol–water partition coefficient (Wildman–Crippen LogP) is 3.38. The summed E-state index contributed by atoms with van der Waals surface area (Å²) in [4.78, 5) is 29.6. The molecule has 0 bridgehead atoms. The van der Waals surface area contributed by atoms with Gasteiger partial charge in [-0.25, -0.2) is 22.8 Å². The van der Waals surface area contributed by atoms with Gasteiger partial charge < -0.3 is 14.2 Å². The summed E-state index contributed by atoms with van der Waals surface area (Å²) in [5, 5.41) is 0. The summed E-state index contributed by atoms with van der Waals surface area (Å²) < 4.78 is 98.3. The molecule has 2 N–H and O–H groups in total. The van der Waals surface area contributed by atoms with Gasteiger partial charge in [-0.1, -0.05) is 18.7 Å². The zero-order valence-electron chi connectivity index (χ0n) is 20.2. The molecule has 1 atom stereocenters. The van der Waals surface area contributed by atoms with Crippen LogP contribution in [0.5, 0.6) is 11.5 Å². The Morgan fingerprint density at radius 1 is 1.05 bits per heavy atom. The molecule has 12 nitrogen and oxygen atoms in total. The van der Waals surface area contributed by atoms with Gasteiger partial charge in [-0.15, -0.1) is 0 Å². The molecule has 0 spiro atoms. The number of nitrogens with one attached hydrogen (secondary N) is 1. The molecule has 2 aromatic carbocycles. The van der Waals surface area contributed by atoms with Gasteiger partial charge >= 0.3 is 18.0 Å². The Labute approximate surface area is 249 Å². The third-order valence-electron chi connectivity index (χ3n) is 4.43. The molecule has 216 valence electrons. The van der Waals surface area contributed by atoms with Gasteiger partial charge in [0.2, 0.25) is 10.0 Å². The lowest BCUT2D eigenvalue weighted by Gasteiger charge is -2.28. The minimum Gasteiger partial charge on any atom is -0.482 e. The van der Waals surface area contributed by atoms with Crippen LogP contribution in [0.1, 0.15) is 24.2 Å². The van der Waals surface area contributed by atoms with E-state index in [1.165, 1.54) is 43.0 Å². The average molecular weight is 819 g/mol. The van der Waals surface area contributed by atoms with E-state index in [0.717, 1.165) is 12.1 Å². The van der Waals surface area contributed by atoms with Crippen LogP contribution in [-0.2, 0) is 34.5 Å². The van der Waals surface area contributed by atoms with Crippen molar-refractivity contribution in [3.8, 4) is 11.5 Å². The zero-order valence-corrected chi connectivity index (χ0v) is 26.1. The van der Waals surface area contributed by atoms with Gasteiger partial charge in [0, 0.05) is 3.57 Å². The Morgan fingerprint density at radius 3 is 2.21 bits per heavy atom. The maximum Gasteiger partial charge on any atom is 0.408 e. The highest BCUT2D eigenvalue weighted by Gasteiger charge is 2.47. The molecule has 0 aliphatic carbocycles. The Balaban J connectivity index is 2.05. The van der Waals surface area contributed by atoms with E-state index in [9.17, 15) is 35.2 Å². The quantitative estimate of drug-likeness (QED) is 0.106. The number of carbonyl (C=O) groups is 2. The Hall–Kier alpha value is -1.72. The summed E-state index contributed by atoms with van der Waals surface area (Å²) in [6.45, 7) is 2.05. The first-order chi connectivity index (χ1) is 17.8. The predicted molar refractivity (Wildman–Crippen MR) is 147 cm³/mol. The number of alkyl halides is 2. The van der Waals surface area contributed by atoms with Gasteiger partial charge in [0.15, 0.2) is 12.7 Å². The molecule has 0 aliphatic heterocycles. The van der Waals surface area contributed by atoms with Crippen LogP contribution in [0.15, 0.2) is 41.3 Å². The molecule has 39 heavy (non-hydrogen) atoms. The summed E-state index contributed by atoms with van der Waals surface area (Å²) >= 11 is 3.41. The summed E-state index contributed by atoms with van der Waals surface area (Å²) in [7, 11) is -8.54. The molecule has 2 rings (SSSR count). The van der Waals surface area contributed by atoms with Gasteiger partial charge in [0.05, 0.1) is 15.4 Å². The van der Waals surface area contributed by atoms with Crippen molar-refractivity contribution in [2.24, 2.45) is 5.92 Å². The average Bonchev–Trinajstić information content (AvgIpc) is 2.79. The summed E-state index contributed by atoms with van der Waals surface area (Å²) in [6, 6.07) is 7.23. The molecule has 1 unspecified atom stereocenters. The van der Waals surface area contributed by atoms with E-state index in [1.54, 1.807) is 45.2 Å². The van der Waals surface area contributed by atoms with Crippen LogP contribution in [-0.4, -0.2) is 58.4 Å². The van der Waals surface area contributed by atoms with Crippen LogP contribution in [0.25, 0.3) is 0 Å². The van der Waals surface area contributed by atoms with Crippen molar-refractivity contribution in [2.75, 3.05) is 12.9 Å². The summed E-state index contributed by atoms with van der Waals surface area (Å²) in [5.74, 6) is -2.85. The molecule has 0 amide bonds.